The van der Waals surface area contributed by atoms with Crippen molar-refractivity contribution in [1.82, 2.24) is 10.2 Å². The number of nitrogens with zero attached hydrogens (tertiary/aromatic N) is 1. The standard InChI is InChI=1S/C24H26N4O3S.3H2/c1-17(18-6-4-3-5-7-18)25-24(29)26-21-10-12-23(13-11-21)32(30,31)27-22-9-8-19-15-28(2)16-20(19)14-22;;;/h3-14,17,27H,15-16H2,1-2H3,(H2,25,26,29);3*1H. The van der Waals surface area contributed by atoms with Gasteiger partial charge in [0.05, 0.1) is 10.9 Å². The van der Waals surface area contributed by atoms with E-state index in [2.05, 4.69) is 20.3 Å². The molecule has 0 fully saturated rings. The fourth-order valence-corrected chi connectivity index (χ4v) is 4.80. The molecule has 1 aliphatic heterocycles. The molecule has 1 heterocycles. The van der Waals surface area contributed by atoms with Gasteiger partial charge in [-0.3, -0.25) is 9.62 Å². The van der Waals surface area contributed by atoms with Gasteiger partial charge in [-0.25, -0.2) is 13.2 Å². The second kappa shape index (κ2) is 9.02. The van der Waals surface area contributed by atoms with Crippen LogP contribution < -0.4 is 15.4 Å². The van der Waals surface area contributed by atoms with Crippen LogP contribution in [0.3, 0.4) is 0 Å². The molecule has 1 aliphatic rings. The molecule has 1 unspecified atom stereocenters. The molecular formula is C24H32N4O3S. The molecule has 2 amide bonds. The monoisotopic (exact) mass is 456 g/mol. The lowest BCUT2D eigenvalue weighted by atomic mass is 10.1. The normalized spacial score (nSPS) is 14.4. The highest BCUT2D eigenvalue weighted by Gasteiger charge is 2.19. The summed E-state index contributed by atoms with van der Waals surface area (Å²) in [6.45, 7) is 3.57. The molecule has 8 heteroatoms. The van der Waals surface area contributed by atoms with Crippen LogP contribution in [0.2, 0.25) is 0 Å². The van der Waals surface area contributed by atoms with E-state index in [0.29, 0.717) is 11.4 Å². The Bertz CT molecular complexity index is 1230. The van der Waals surface area contributed by atoms with Gasteiger partial charge in [0.1, 0.15) is 0 Å². The van der Waals surface area contributed by atoms with Gasteiger partial charge in [0.2, 0.25) is 0 Å². The van der Waals surface area contributed by atoms with Crippen LogP contribution >= 0.6 is 0 Å². The molecule has 0 saturated carbocycles. The largest absolute Gasteiger partial charge is 0.331 e. The predicted molar refractivity (Wildman–Crippen MR) is 132 cm³/mol. The Balaban J connectivity index is 0.00000204. The molecule has 32 heavy (non-hydrogen) atoms. The zero-order valence-electron chi connectivity index (χ0n) is 18.0. The molecular weight excluding hydrogens is 424 g/mol. The Morgan fingerprint density at radius 1 is 0.938 bits per heavy atom. The Morgan fingerprint density at radius 2 is 1.59 bits per heavy atom. The SMILES string of the molecule is CC(NC(=O)Nc1ccc(S(=O)(=O)Nc2ccc3c(c2)CN(C)C3)cc1)c1ccccc1.[HH].[HH].[HH]. The van der Waals surface area contributed by atoms with E-state index in [1.165, 1.54) is 17.7 Å². The second-order valence-electron chi connectivity index (χ2n) is 8.02. The van der Waals surface area contributed by atoms with Gasteiger partial charge in [-0.1, -0.05) is 36.4 Å². The van der Waals surface area contributed by atoms with Crippen molar-refractivity contribution in [2.45, 2.75) is 31.0 Å². The average Bonchev–Trinajstić information content (AvgIpc) is 3.13. The zero-order chi connectivity index (χ0) is 22.7. The minimum absolute atomic E-state index is 0. The van der Waals surface area contributed by atoms with Gasteiger partial charge >= 0.3 is 6.03 Å². The molecule has 0 aromatic heterocycles. The number of carbonyl (C=O) groups excluding carboxylic acids is 1. The summed E-state index contributed by atoms with van der Waals surface area (Å²) in [5.41, 5.74) is 4.37. The number of sulfonamides is 1. The lowest BCUT2D eigenvalue weighted by Gasteiger charge is -2.15. The number of urea groups is 1. The smallest absolute Gasteiger partial charge is 0.319 e. The fourth-order valence-electron chi connectivity index (χ4n) is 3.75. The minimum Gasteiger partial charge on any atom is -0.331 e. The third kappa shape index (κ3) is 5.09. The van der Waals surface area contributed by atoms with Gasteiger partial charge in [0, 0.05) is 28.7 Å². The summed E-state index contributed by atoms with van der Waals surface area (Å²) in [6, 6.07) is 20.8. The summed E-state index contributed by atoms with van der Waals surface area (Å²) < 4.78 is 28.2. The van der Waals surface area contributed by atoms with E-state index in [0.717, 1.165) is 24.2 Å². The quantitative estimate of drug-likeness (QED) is 0.484. The van der Waals surface area contributed by atoms with Crippen molar-refractivity contribution in [3.63, 3.8) is 0 Å². The van der Waals surface area contributed by atoms with Crippen LogP contribution in [-0.2, 0) is 23.1 Å². The summed E-state index contributed by atoms with van der Waals surface area (Å²) in [7, 11) is -1.71. The van der Waals surface area contributed by atoms with Crippen molar-refractivity contribution >= 4 is 27.4 Å². The number of carbonyl (C=O) groups is 1. The number of benzene rings is 3. The van der Waals surface area contributed by atoms with Gasteiger partial charge in [-0.2, -0.15) is 0 Å². The van der Waals surface area contributed by atoms with Crippen LogP contribution in [0, 0.1) is 0 Å². The van der Waals surface area contributed by atoms with Crippen molar-refractivity contribution in [1.29, 1.82) is 0 Å². The van der Waals surface area contributed by atoms with Crippen molar-refractivity contribution < 1.29 is 17.5 Å². The molecule has 3 N–H and O–H groups in total. The van der Waals surface area contributed by atoms with Gasteiger partial charge in [0.25, 0.3) is 10.0 Å². The van der Waals surface area contributed by atoms with E-state index in [1.54, 1.807) is 18.2 Å². The Hall–Kier alpha value is -3.36. The first-order valence-electron chi connectivity index (χ1n) is 10.4. The molecule has 0 spiro atoms. The van der Waals surface area contributed by atoms with Crippen LogP contribution in [0.1, 0.15) is 33.9 Å². The molecule has 7 nitrogen and oxygen atoms in total. The maximum atomic E-state index is 12.8. The second-order valence-corrected chi connectivity index (χ2v) is 9.70. The predicted octanol–water partition coefficient (Wildman–Crippen LogP) is 5.05. The molecule has 1 atom stereocenters. The van der Waals surface area contributed by atoms with Crippen LogP contribution in [-0.4, -0.2) is 26.4 Å². The van der Waals surface area contributed by atoms with Gasteiger partial charge < -0.3 is 10.6 Å². The number of fused-ring (bicyclic) bond motifs is 1. The van der Waals surface area contributed by atoms with Gasteiger partial charge in [-0.15, -0.1) is 0 Å². The van der Waals surface area contributed by atoms with E-state index in [9.17, 15) is 13.2 Å². The van der Waals surface area contributed by atoms with Crippen molar-refractivity contribution in [3.05, 3.63) is 89.5 Å². The Kier molecular flexibility index (Phi) is 6.16. The number of rotatable bonds is 6. The maximum Gasteiger partial charge on any atom is 0.319 e. The lowest BCUT2D eigenvalue weighted by Crippen LogP contribution is -2.31. The molecule has 0 aliphatic carbocycles. The minimum atomic E-state index is -3.74. The highest BCUT2D eigenvalue weighted by Crippen LogP contribution is 2.26. The third-order valence-electron chi connectivity index (χ3n) is 5.41. The summed E-state index contributed by atoms with van der Waals surface area (Å²) in [4.78, 5) is 14.6. The Labute approximate surface area is 193 Å². The fraction of sp³-hybridized carbons (Fsp3) is 0.208. The molecule has 0 bridgehead atoms. The van der Waals surface area contributed by atoms with Crippen LogP contribution in [0.25, 0.3) is 0 Å². The highest BCUT2D eigenvalue weighted by molar-refractivity contribution is 7.92. The first-order valence-corrected chi connectivity index (χ1v) is 11.8. The van der Waals surface area contributed by atoms with E-state index in [1.807, 2.05) is 56.4 Å². The molecule has 3 aromatic carbocycles. The van der Waals surface area contributed by atoms with Crippen molar-refractivity contribution in [3.8, 4) is 0 Å². The highest BCUT2D eigenvalue weighted by atomic mass is 32.2. The third-order valence-corrected chi connectivity index (χ3v) is 6.81. The number of hydrogen-bond donors (Lipinski definition) is 3. The van der Waals surface area contributed by atoms with E-state index < -0.39 is 10.0 Å². The average molecular weight is 457 g/mol. The number of nitrogens with one attached hydrogen (secondary N) is 3. The van der Waals surface area contributed by atoms with E-state index in [-0.39, 0.29) is 21.2 Å². The van der Waals surface area contributed by atoms with Gasteiger partial charge in [-0.05, 0) is 67.1 Å². The summed E-state index contributed by atoms with van der Waals surface area (Å²) in [5, 5.41) is 5.60. The zero-order valence-corrected chi connectivity index (χ0v) is 18.8. The summed E-state index contributed by atoms with van der Waals surface area (Å²) in [5.74, 6) is 0. The van der Waals surface area contributed by atoms with Crippen LogP contribution in [0.5, 0.6) is 0 Å². The number of hydrogen-bond acceptors (Lipinski definition) is 4. The van der Waals surface area contributed by atoms with E-state index >= 15 is 0 Å². The van der Waals surface area contributed by atoms with Crippen LogP contribution in [0.4, 0.5) is 16.2 Å². The first-order chi connectivity index (χ1) is 15.3. The maximum absolute atomic E-state index is 12.8. The number of anilines is 2. The van der Waals surface area contributed by atoms with Crippen molar-refractivity contribution in [2.75, 3.05) is 17.1 Å². The van der Waals surface area contributed by atoms with E-state index in [4.69, 9.17) is 0 Å². The lowest BCUT2D eigenvalue weighted by molar-refractivity contribution is 0.249. The van der Waals surface area contributed by atoms with Crippen LogP contribution in [0.15, 0.2) is 77.7 Å². The summed E-state index contributed by atoms with van der Waals surface area (Å²) in [6.07, 6.45) is 0. The molecule has 3 aromatic rings. The molecule has 0 saturated heterocycles. The van der Waals surface area contributed by atoms with Crippen molar-refractivity contribution in [2.24, 2.45) is 0 Å². The first kappa shape index (κ1) is 21.9. The topological polar surface area (TPSA) is 90.5 Å². The van der Waals surface area contributed by atoms with Gasteiger partial charge in [0.15, 0.2) is 0 Å². The molecule has 4 rings (SSSR count). The summed E-state index contributed by atoms with van der Waals surface area (Å²) >= 11 is 0. The number of amides is 2. The molecule has 0 radical (unpaired) electrons. The Morgan fingerprint density at radius 3 is 2.31 bits per heavy atom. The molecule has 172 valence electrons.